The number of non-ortho nitro benzene ring substituents is 1. The minimum absolute atomic E-state index is 0.0941. The Morgan fingerprint density at radius 3 is 2.46 bits per heavy atom. The van der Waals surface area contributed by atoms with E-state index in [1.165, 1.54) is 24.3 Å². The Bertz CT molecular complexity index is 817. The monoisotopic (exact) mass is 377 g/mol. The second-order valence-corrected chi connectivity index (χ2v) is 6.75. The zero-order chi connectivity index (χ0) is 19.3. The summed E-state index contributed by atoms with van der Waals surface area (Å²) in [5, 5.41) is 16.3. The molecule has 0 spiro atoms. The fourth-order valence-electron chi connectivity index (χ4n) is 2.04. The number of benzene rings is 1. The molecule has 0 aliphatic carbocycles. The zero-order valence-electron chi connectivity index (χ0n) is 14.6. The largest absolute Gasteiger partial charge is 0.350 e. The van der Waals surface area contributed by atoms with Crippen molar-refractivity contribution in [1.82, 2.24) is 15.2 Å². The van der Waals surface area contributed by atoms with Crippen molar-refractivity contribution >= 4 is 34.0 Å². The minimum atomic E-state index is -0.535. The number of hydrogen-bond donors (Lipinski definition) is 2. The molecule has 0 unspecified atom stereocenters. The van der Waals surface area contributed by atoms with E-state index in [0.29, 0.717) is 28.8 Å². The lowest BCUT2D eigenvalue weighted by Crippen LogP contribution is -2.31. The van der Waals surface area contributed by atoms with Gasteiger partial charge in [-0.25, -0.2) is 4.98 Å². The molecule has 2 amide bonds. The van der Waals surface area contributed by atoms with E-state index in [0.717, 1.165) is 11.3 Å². The van der Waals surface area contributed by atoms with Crippen molar-refractivity contribution in [3.8, 4) is 0 Å². The number of carbonyl (C=O) groups excluding carboxylic acids is 2. The standard InChI is InChI=1S/C16H19N5O4S/c1-10-13(15(23)17-8-9-20(2)3)26-16(18-10)19-14(22)11-4-6-12(7-5-11)21(24)25/h4-7H,8-9H2,1-3H3,(H,17,23)(H,18,19,22). The van der Waals surface area contributed by atoms with Crippen LogP contribution >= 0.6 is 11.3 Å². The number of aromatic nitrogens is 1. The van der Waals surface area contributed by atoms with Crippen LogP contribution in [0.2, 0.25) is 0 Å². The molecule has 1 heterocycles. The van der Waals surface area contributed by atoms with Crippen LogP contribution in [0.5, 0.6) is 0 Å². The maximum atomic E-state index is 12.2. The maximum Gasteiger partial charge on any atom is 0.269 e. The van der Waals surface area contributed by atoms with Gasteiger partial charge < -0.3 is 10.2 Å². The SMILES string of the molecule is Cc1nc(NC(=O)c2ccc([N+](=O)[O-])cc2)sc1C(=O)NCCN(C)C. The van der Waals surface area contributed by atoms with E-state index in [2.05, 4.69) is 15.6 Å². The van der Waals surface area contributed by atoms with E-state index in [-0.39, 0.29) is 17.2 Å². The van der Waals surface area contributed by atoms with Gasteiger partial charge in [0.1, 0.15) is 4.88 Å². The van der Waals surface area contributed by atoms with Crippen LogP contribution in [0.4, 0.5) is 10.8 Å². The number of nitrogens with zero attached hydrogens (tertiary/aromatic N) is 3. The molecule has 9 nitrogen and oxygen atoms in total. The number of nitro benzene ring substituents is 1. The van der Waals surface area contributed by atoms with Crippen LogP contribution in [0, 0.1) is 17.0 Å². The van der Waals surface area contributed by atoms with Crippen LogP contribution in [0.25, 0.3) is 0 Å². The third kappa shape index (κ3) is 5.07. The van der Waals surface area contributed by atoms with Gasteiger partial charge in [0.15, 0.2) is 5.13 Å². The number of carbonyl (C=O) groups is 2. The highest BCUT2D eigenvalue weighted by molar-refractivity contribution is 7.17. The highest BCUT2D eigenvalue weighted by Crippen LogP contribution is 2.23. The number of hydrogen-bond acceptors (Lipinski definition) is 7. The summed E-state index contributed by atoms with van der Waals surface area (Å²) in [6.45, 7) is 2.92. The number of nitro groups is 1. The lowest BCUT2D eigenvalue weighted by atomic mass is 10.2. The van der Waals surface area contributed by atoms with Crippen LogP contribution in [-0.4, -0.2) is 53.8 Å². The van der Waals surface area contributed by atoms with Crippen molar-refractivity contribution in [2.45, 2.75) is 6.92 Å². The summed E-state index contributed by atoms with van der Waals surface area (Å²) < 4.78 is 0. The van der Waals surface area contributed by atoms with Gasteiger partial charge in [0.2, 0.25) is 0 Å². The molecule has 0 atom stereocenters. The molecule has 1 aromatic carbocycles. The van der Waals surface area contributed by atoms with Crippen LogP contribution in [0.3, 0.4) is 0 Å². The Labute approximate surface area is 154 Å². The Morgan fingerprint density at radius 2 is 1.88 bits per heavy atom. The molecule has 26 heavy (non-hydrogen) atoms. The van der Waals surface area contributed by atoms with Crippen molar-refractivity contribution in [3.05, 3.63) is 50.5 Å². The first-order valence-electron chi connectivity index (χ1n) is 7.74. The van der Waals surface area contributed by atoms with Gasteiger partial charge in [-0.1, -0.05) is 11.3 Å². The molecule has 0 saturated carbocycles. The number of rotatable bonds is 7. The van der Waals surface area contributed by atoms with E-state index in [9.17, 15) is 19.7 Å². The molecule has 1 aromatic heterocycles. The molecule has 0 radical (unpaired) electrons. The summed E-state index contributed by atoms with van der Waals surface area (Å²) in [4.78, 5) is 41.1. The van der Waals surface area contributed by atoms with Gasteiger partial charge in [-0.3, -0.25) is 25.0 Å². The molecule has 0 bridgehead atoms. The smallest absolute Gasteiger partial charge is 0.269 e. The van der Waals surface area contributed by atoms with Crippen LogP contribution in [-0.2, 0) is 0 Å². The molecular formula is C16H19N5O4S. The molecule has 0 saturated heterocycles. The number of nitrogens with one attached hydrogen (secondary N) is 2. The number of likely N-dealkylation sites (N-methyl/N-ethyl adjacent to an activating group) is 1. The predicted octanol–water partition coefficient (Wildman–Crippen LogP) is 1.90. The summed E-state index contributed by atoms with van der Waals surface area (Å²) in [5.41, 5.74) is 0.695. The van der Waals surface area contributed by atoms with Gasteiger partial charge >= 0.3 is 0 Å². The van der Waals surface area contributed by atoms with Crippen LogP contribution in [0.15, 0.2) is 24.3 Å². The van der Waals surface area contributed by atoms with Crippen molar-refractivity contribution in [2.75, 3.05) is 32.5 Å². The Morgan fingerprint density at radius 1 is 1.23 bits per heavy atom. The summed E-state index contributed by atoms with van der Waals surface area (Å²) in [6.07, 6.45) is 0. The van der Waals surface area contributed by atoms with Gasteiger partial charge in [0.25, 0.3) is 17.5 Å². The zero-order valence-corrected chi connectivity index (χ0v) is 15.4. The molecule has 0 fully saturated rings. The lowest BCUT2D eigenvalue weighted by Gasteiger charge is -2.09. The molecule has 2 aromatic rings. The van der Waals surface area contributed by atoms with Gasteiger partial charge in [0, 0.05) is 30.8 Å². The Balaban J connectivity index is 2.02. The molecular weight excluding hydrogens is 358 g/mol. The summed E-state index contributed by atoms with van der Waals surface area (Å²) in [7, 11) is 3.83. The van der Waals surface area contributed by atoms with E-state index in [1.807, 2.05) is 19.0 Å². The third-order valence-corrected chi connectivity index (χ3v) is 4.48. The topological polar surface area (TPSA) is 117 Å². The summed E-state index contributed by atoms with van der Waals surface area (Å²) in [6, 6.07) is 5.24. The van der Waals surface area contributed by atoms with Crippen molar-refractivity contribution < 1.29 is 14.5 Å². The predicted molar refractivity (Wildman–Crippen MR) is 98.8 cm³/mol. The van der Waals surface area contributed by atoms with Gasteiger partial charge in [-0.05, 0) is 33.2 Å². The number of amides is 2. The Kier molecular flexibility index (Phi) is 6.36. The van der Waals surface area contributed by atoms with Crippen molar-refractivity contribution in [3.63, 3.8) is 0 Å². The molecule has 2 N–H and O–H groups in total. The fourth-order valence-corrected chi connectivity index (χ4v) is 2.92. The lowest BCUT2D eigenvalue weighted by molar-refractivity contribution is -0.384. The number of aryl methyl sites for hydroxylation is 1. The summed E-state index contributed by atoms with van der Waals surface area (Å²) in [5.74, 6) is -0.689. The second-order valence-electron chi connectivity index (χ2n) is 5.75. The van der Waals surface area contributed by atoms with Crippen molar-refractivity contribution in [2.24, 2.45) is 0 Å². The first-order chi connectivity index (χ1) is 12.3. The first-order valence-corrected chi connectivity index (χ1v) is 8.55. The molecule has 2 rings (SSSR count). The number of anilines is 1. The normalized spacial score (nSPS) is 10.6. The average Bonchev–Trinajstić information content (AvgIpc) is 2.94. The first kappa shape index (κ1) is 19.5. The number of thiazole rings is 1. The van der Waals surface area contributed by atoms with Crippen LogP contribution < -0.4 is 10.6 Å². The van der Waals surface area contributed by atoms with E-state index in [4.69, 9.17) is 0 Å². The third-order valence-electron chi connectivity index (χ3n) is 3.41. The Hall–Kier alpha value is -2.85. The molecule has 0 aliphatic rings. The molecule has 10 heteroatoms. The fraction of sp³-hybridized carbons (Fsp3) is 0.312. The van der Waals surface area contributed by atoms with E-state index >= 15 is 0 Å². The highest BCUT2D eigenvalue weighted by Gasteiger charge is 2.17. The maximum absolute atomic E-state index is 12.2. The average molecular weight is 377 g/mol. The second kappa shape index (κ2) is 8.50. The van der Waals surface area contributed by atoms with Gasteiger partial charge in [0.05, 0.1) is 10.6 Å². The quantitative estimate of drug-likeness (QED) is 0.562. The molecule has 138 valence electrons. The van der Waals surface area contributed by atoms with Gasteiger partial charge in [-0.15, -0.1) is 0 Å². The van der Waals surface area contributed by atoms with Crippen LogP contribution in [0.1, 0.15) is 25.7 Å². The summed E-state index contributed by atoms with van der Waals surface area (Å²) >= 11 is 1.08. The highest BCUT2D eigenvalue weighted by atomic mass is 32.1. The van der Waals surface area contributed by atoms with E-state index < -0.39 is 10.8 Å². The van der Waals surface area contributed by atoms with Gasteiger partial charge in [-0.2, -0.15) is 0 Å². The van der Waals surface area contributed by atoms with Crippen molar-refractivity contribution in [1.29, 1.82) is 0 Å². The minimum Gasteiger partial charge on any atom is -0.350 e. The molecule has 0 aliphatic heterocycles. The van der Waals surface area contributed by atoms with E-state index in [1.54, 1.807) is 6.92 Å².